The van der Waals surface area contributed by atoms with Crippen molar-refractivity contribution < 1.29 is 9.53 Å². The minimum Gasteiger partial charge on any atom is -0.461 e. The summed E-state index contributed by atoms with van der Waals surface area (Å²) in [5.74, 6) is -0.481. The van der Waals surface area contributed by atoms with Crippen molar-refractivity contribution in [3.8, 4) is 0 Å². The Bertz CT molecular complexity index is 1350. The maximum atomic E-state index is 12.8. The third kappa shape index (κ3) is 4.61. The molecule has 35 heavy (non-hydrogen) atoms. The van der Waals surface area contributed by atoms with Gasteiger partial charge in [0.2, 0.25) is 10.0 Å². The summed E-state index contributed by atoms with van der Waals surface area (Å²) in [5, 5.41) is 14.2. The van der Waals surface area contributed by atoms with E-state index in [-0.39, 0.29) is 11.7 Å². The highest BCUT2D eigenvalue weighted by Gasteiger charge is 2.51. The summed E-state index contributed by atoms with van der Waals surface area (Å²) in [6.07, 6.45) is 3.96. The molecule has 1 atom stereocenters. The average Bonchev–Trinajstić information content (AvgIpc) is 3.25. The highest BCUT2D eigenvalue weighted by Crippen LogP contribution is 2.48. The van der Waals surface area contributed by atoms with Crippen LogP contribution in [0.1, 0.15) is 12.5 Å². The van der Waals surface area contributed by atoms with Gasteiger partial charge < -0.3 is 4.74 Å². The largest absolute Gasteiger partial charge is 0.461 e. The second-order valence-corrected chi connectivity index (χ2v) is 10.2. The fourth-order valence-electron chi connectivity index (χ4n) is 3.79. The molecule has 3 aromatic carbocycles. The third-order valence-electron chi connectivity index (χ3n) is 5.35. The number of thioether (sulfide) groups is 1. The van der Waals surface area contributed by atoms with Crippen LogP contribution in [-0.4, -0.2) is 28.3 Å². The zero-order valence-corrected chi connectivity index (χ0v) is 21.8. The topological polar surface area (TPSA) is 57.5 Å². The lowest BCUT2D eigenvalue weighted by molar-refractivity contribution is -0.134. The highest BCUT2D eigenvalue weighted by atomic mass is 79.9. The number of anilines is 2. The van der Waals surface area contributed by atoms with Crippen molar-refractivity contribution in [2.24, 2.45) is 10.2 Å². The smallest absolute Gasteiger partial charge is 0.365 e. The summed E-state index contributed by atoms with van der Waals surface area (Å²) in [4.78, 5) is 11.8. The van der Waals surface area contributed by atoms with Gasteiger partial charge in [0.05, 0.1) is 23.7 Å². The minimum atomic E-state index is -0.993. The van der Waals surface area contributed by atoms with Crippen LogP contribution in [0.15, 0.2) is 106 Å². The molecule has 0 bridgehead atoms. The van der Waals surface area contributed by atoms with Crippen molar-refractivity contribution >= 4 is 67.4 Å². The number of benzene rings is 3. The number of rotatable bonds is 5. The van der Waals surface area contributed by atoms with Gasteiger partial charge in [-0.2, -0.15) is 10.2 Å². The fourth-order valence-corrected chi connectivity index (χ4v) is 5.39. The summed E-state index contributed by atoms with van der Waals surface area (Å²) in [6, 6.07) is 25.1. The number of nitrogens with zero attached hydrogens (tertiary/aromatic N) is 4. The fraction of sp³-hybridized carbons (Fsp3) is 0.115. The molecule has 0 N–H and O–H groups in total. The molecule has 0 amide bonds. The molecule has 0 fully saturated rings. The minimum absolute atomic E-state index is 0.236. The number of hydrazone groups is 2. The first-order chi connectivity index (χ1) is 17.0. The highest BCUT2D eigenvalue weighted by molar-refractivity contribution is 9.10. The van der Waals surface area contributed by atoms with Crippen LogP contribution >= 0.6 is 39.3 Å². The number of esters is 1. The van der Waals surface area contributed by atoms with E-state index in [2.05, 4.69) is 15.9 Å². The monoisotopic (exact) mass is 566 g/mol. The Kier molecular flexibility index (Phi) is 6.69. The van der Waals surface area contributed by atoms with Gasteiger partial charge in [0.15, 0.2) is 0 Å². The van der Waals surface area contributed by atoms with Gasteiger partial charge in [0, 0.05) is 15.1 Å². The number of carbonyl (C=O) groups is 1. The van der Waals surface area contributed by atoms with E-state index < -0.39 is 11.0 Å². The number of hydrogen-bond donors (Lipinski definition) is 0. The molecular formula is C26H20BrClN4O2S. The molecule has 0 aliphatic carbocycles. The molecule has 0 aromatic heterocycles. The van der Waals surface area contributed by atoms with E-state index in [1.807, 2.05) is 90.0 Å². The molecule has 0 radical (unpaired) electrons. The van der Waals surface area contributed by atoms with Gasteiger partial charge >= 0.3 is 5.97 Å². The Balaban J connectivity index is 1.66. The molecule has 0 saturated heterocycles. The number of halogens is 2. The lowest BCUT2D eigenvalue weighted by Crippen LogP contribution is -2.53. The van der Waals surface area contributed by atoms with Crippen LogP contribution in [0.2, 0.25) is 5.02 Å². The first-order valence-corrected chi connectivity index (χ1v) is 12.9. The van der Waals surface area contributed by atoms with Gasteiger partial charge in [0.25, 0.3) is 0 Å². The number of hydrogen-bond acceptors (Lipinski definition) is 7. The number of para-hydroxylation sites is 1. The van der Waals surface area contributed by atoms with E-state index in [0.717, 1.165) is 27.1 Å². The second kappa shape index (κ2) is 9.89. The Hall–Kier alpha value is -3.07. The summed E-state index contributed by atoms with van der Waals surface area (Å²) in [6.45, 7) is 2.03. The Morgan fingerprint density at radius 1 is 1.00 bits per heavy atom. The number of carbonyl (C=O) groups excluding carboxylic acids is 1. The Labute approximate surface area is 221 Å². The molecule has 0 saturated carbocycles. The quantitative estimate of drug-likeness (QED) is 0.323. The molecule has 2 aliphatic heterocycles. The van der Waals surface area contributed by atoms with E-state index in [9.17, 15) is 4.79 Å². The molecule has 6 nitrogen and oxygen atoms in total. The Morgan fingerprint density at radius 3 is 2.43 bits per heavy atom. The van der Waals surface area contributed by atoms with Crippen molar-refractivity contribution in [3.05, 3.63) is 106 Å². The molecule has 3 aromatic rings. The standard InChI is InChI=1S/C26H20BrClN4O2S/c1-2-34-25(33)24-30-32(22-10-6-7-20(28)17-22)26(35-24)16-15-23(18-11-13-19(27)14-12-18)29-31(26)21-8-4-3-5-9-21/h3-17H,2H2,1H3/t26-/m0/s1. The summed E-state index contributed by atoms with van der Waals surface area (Å²) in [5.41, 5.74) is 3.30. The van der Waals surface area contributed by atoms with Gasteiger partial charge in [-0.3, -0.25) is 0 Å². The second-order valence-electron chi connectivity index (χ2n) is 7.65. The van der Waals surface area contributed by atoms with Crippen molar-refractivity contribution in [1.29, 1.82) is 0 Å². The molecule has 1 spiro atoms. The summed E-state index contributed by atoms with van der Waals surface area (Å²) < 4.78 is 6.27. The van der Waals surface area contributed by atoms with Crippen molar-refractivity contribution in [2.45, 2.75) is 11.9 Å². The predicted molar refractivity (Wildman–Crippen MR) is 147 cm³/mol. The van der Waals surface area contributed by atoms with Gasteiger partial charge in [-0.25, -0.2) is 14.8 Å². The van der Waals surface area contributed by atoms with E-state index in [0.29, 0.717) is 5.02 Å². The lowest BCUT2D eigenvalue weighted by atomic mass is 10.1. The van der Waals surface area contributed by atoms with Crippen molar-refractivity contribution in [3.63, 3.8) is 0 Å². The van der Waals surface area contributed by atoms with Gasteiger partial charge in [0.1, 0.15) is 0 Å². The third-order valence-corrected chi connectivity index (χ3v) is 7.34. The van der Waals surface area contributed by atoms with Crippen LogP contribution in [0.25, 0.3) is 0 Å². The van der Waals surface area contributed by atoms with E-state index >= 15 is 0 Å². The molecule has 9 heteroatoms. The Morgan fingerprint density at radius 2 is 1.71 bits per heavy atom. The van der Waals surface area contributed by atoms with Crippen LogP contribution < -0.4 is 10.0 Å². The maximum Gasteiger partial charge on any atom is 0.365 e. The van der Waals surface area contributed by atoms with Crippen LogP contribution in [-0.2, 0) is 9.53 Å². The molecule has 5 rings (SSSR count). The molecular weight excluding hydrogens is 548 g/mol. The van der Waals surface area contributed by atoms with Crippen LogP contribution in [0.5, 0.6) is 0 Å². The first kappa shape index (κ1) is 23.7. The van der Waals surface area contributed by atoms with Gasteiger partial charge in [-0.05, 0) is 73.3 Å². The lowest BCUT2D eigenvalue weighted by Gasteiger charge is -2.43. The predicted octanol–water partition coefficient (Wildman–Crippen LogP) is 6.67. The van der Waals surface area contributed by atoms with Crippen molar-refractivity contribution in [1.82, 2.24) is 0 Å². The molecule has 2 aliphatic rings. The molecule has 0 unspecified atom stereocenters. The van der Waals surface area contributed by atoms with Gasteiger partial charge in [-0.15, -0.1) is 0 Å². The number of allylic oxidation sites excluding steroid dienone is 1. The zero-order valence-electron chi connectivity index (χ0n) is 18.6. The molecule has 176 valence electrons. The first-order valence-electron chi connectivity index (χ1n) is 10.9. The van der Waals surface area contributed by atoms with Crippen LogP contribution in [0.3, 0.4) is 0 Å². The molecule has 2 heterocycles. The van der Waals surface area contributed by atoms with Crippen LogP contribution in [0.4, 0.5) is 11.4 Å². The van der Waals surface area contributed by atoms with E-state index in [1.54, 1.807) is 18.0 Å². The SMILES string of the molecule is CCOC(=O)C1=NN(c2cccc(Cl)c2)[C@@]2(C=CC(c3ccc(Br)cc3)=NN2c2ccccc2)S1. The van der Waals surface area contributed by atoms with Crippen LogP contribution in [0, 0.1) is 0 Å². The maximum absolute atomic E-state index is 12.8. The summed E-state index contributed by atoms with van der Waals surface area (Å²) in [7, 11) is 0. The van der Waals surface area contributed by atoms with E-state index in [1.165, 1.54) is 11.8 Å². The van der Waals surface area contributed by atoms with Crippen molar-refractivity contribution in [2.75, 3.05) is 16.6 Å². The summed E-state index contributed by atoms with van der Waals surface area (Å²) >= 11 is 11.1. The average molecular weight is 568 g/mol. The van der Waals surface area contributed by atoms with E-state index in [4.69, 9.17) is 26.5 Å². The van der Waals surface area contributed by atoms with Gasteiger partial charge in [-0.1, -0.05) is 63.9 Å². The normalized spacial score (nSPS) is 19.1. The number of ether oxygens (including phenoxy) is 1. The zero-order chi connectivity index (χ0) is 24.4.